The number of ether oxygens (including phenoxy) is 1. The molecule has 1 aliphatic rings. The summed E-state index contributed by atoms with van der Waals surface area (Å²) in [6.07, 6.45) is 0.728. The maximum absolute atomic E-state index is 13.3. The Morgan fingerprint density at radius 3 is 2.59 bits per heavy atom. The number of fused-ring (bicyclic) bond motifs is 1. The second-order valence-corrected chi connectivity index (χ2v) is 10.8. The van der Waals surface area contributed by atoms with Gasteiger partial charge in [-0.3, -0.25) is 14.6 Å². The molecule has 2 heterocycles. The van der Waals surface area contributed by atoms with Gasteiger partial charge >= 0.3 is 0 Å². The maximum atomic E-state index is 13.3. The van der Waals surface area contributed by atoms with Crippen molar-refractivity contribution >= 4 is 42.4 Å². The largest absolute Gasteiger partial charge is 0.379 e. The van der Waals surface area contributed by atoms with Crippen molar-refractivity contribution in [3.8, 4) is 0 Å². The summed E-state index contributed by atoms with van der Waals surface area (Å²) < 4.78 is 32.1. The first kappa shape index (κ1) is 22.8. The lowest BCUT2D eigenvalue weighted by Crippen LogP contribution is -2.40. The fourth-order valence-electron chi connectivity index (χ4n) is 3.75. The molecule has 3 aromatic rings. The molecule has 0 atom stereocenters. The number of nitrogens with zero attached hydrogens (tertiary/aromatic N) is 3. The molecule has 4 rings (SSSR count). The van der Waals surface area contributed by atoms with Gasteiger partial charge in [0.25, 0.3) is 0 Å². The van der Waals surface area contributed by atoms with Gasteiger partial charge in [-0.1, -0.05) is 41.7 Å². The molecule has 32 heavy (non-hydrogen) atoms. The minimum absolute atomic E-state index is 0.154. The zero-order chi connectivity index (χ0) is 22.6. The number of hydrogen-bond donors (Lipinski definition) is 0. The molecule has 1 saturated heterocycles. The fourth-order valence-corrected chi connectivity index (χ4v) is 6.05. The van der Waals surface area contributed by atoms with Crippen LogP contribution in [0.25, 0.3) is 10.2 Å². The molecule has 1 aromatic heterocycles. The first-order valence-electron chi connectivity index (χ1n) is 10.7. The molecule has 9 heteroatoms. The molecular weight excluding hydrogens is 446 g/mol. The van der Waals surface area contributed by atoms with Gasteiger partial charge in [0.2, 0.25) is 5.91 Å². The number of carbonyl (C=O) groups excluding carboxylic acids is 1. The normalized spacial score (nSPS) is 15.2. The van der Waals surface area contributed by atoms with Gasteiger partial charge in [-0.25, -0.2) is 13.4 Å². The summed E-state index contributed by atoms with van der Waals surface area (Å²) in [5.41, 5.74) is 1.88. The van der Waals surface area contributed by atoms with E-state index in [-0.39, 0.29) is 4.90 Å². The van der Waals surface area contributed by atoms with Gasteiger partial charge in [-0.15, -0.1) is 0 Å². The summed E-state index contributed by atoms with van der Waals surface area (Å²) in [5.74, 6) is -1.03. The molecule has 2 aromatic carbocycles. The third kappa shape index (κ3) is 5.35. The van der Waals surface area contributed by atoms with Crippen molar-refractivity contribution in [1.29, 1.82) is 0 Å². The Morgan fingerprint density at radius 1 is 1.12 bits per heavy atom. The molecule has 0 aliphatic carbocycles. The second-order valence-electron chi connectivity index (χ2n) is 7.84. The highest BCUT2D eigenvalue weighted by Crippen LogP contribution is 2.31. The van der Waals surface area contributed by atoms with E-state index in [1.54, 1.807) is 23.1 Å². The number of sulfone groups is 1. The number of anilines is 1. The van der Waals surface area contributed by atoms with Crippen LogP contribution in [-0.2, 0) is 19.4 Å². The van der Waals surface area contributed by atoms with Gasteiger partial charge in [0.15, 0.2) is 15.0 Å². The monoisotopic (exact) mass is 473 g/mol. The predicted octanol–water partition coefficient (Wildman–Crippen LogP) is 3.13. The van der Waals surface area contributed by atoms with Crippen molar-refractivity contribution in [3.63, 3.8) is 0 Å². The average Bonchev–Trinajstić information content (AvgIpc) is 3.23. The number of morpholine rings is 1. The highest BCUT2D eigenvalue weighted by atomic mass is 32.2. The molecule has 1 fully saturated rings. The second kappa shape index (κ2) is 10.1. The number of carbonyl (C=O) groups is 1. The highest BCUT2D eigenvalue weighted by molar-refractivity contribution is 7.92. The zero-order valence-corrected chi connectivity index (χ0v) is 19.7. The molecule has 0 N–H and O–H groups in total. The molecular formula is C23H27N3O4S2. The van der Waals surface area contributed by atoms with Crippen LogP contribution >= 0.6 is 11.3 Å². The van der Waals surface area contributed by atoms with Crippen molar-refractivity contribution in [2.45, 2.75) is 18.2 Å². The molecule has 0 unspecified atom stereocenters. The third-order valence-electron chi connectivity index (χ3n) is 5.52. The van der Waals surface area contributed by atoms with E-state index in [4.69, 9.17) is 9.72 Å². The van der Waals surface area contributed by atoms with Crippen LogP contribution in [0, 0.1) is 6.92 Å². The van der Waals surface area contributed by atoms with E-state index >= 15 is 0 Å². The Bertz CT molecular complexity index is 1170. The van der Waals surface area contributed by atoms with Gasteiger partial charge in [0.1, 0.15) is 5.75 Å². The summed E-state index contributed by atoms with van der Waals surface area (Å²) in [7, 11) is -3.74. The number of para-hydroxylation sites is 1. The number of amides is 1. The van der Waals surface area contributed by atoms with Crippen LogP contribution in [0.3, 0.4) is 0 Å². The molecule has 170 valence electrons. The summed E-state index contributed by atoms with van der Waals surface area (Å²) >= 11 is 1.42. The van der Waals surface area contributed by atoms with E-state index in [1.807, 2.05) is 25.1 Å². The van der Waals surface area contributed by atoms with Crippen molar-refractivity contribution in [1.82, 2.24) is 9.88 Å². The number of rotatable bonds is 8. The average molecular weight is 474 g/mol. The summed E-state index contributed by atoms with van der Waals surface area (Å²) in [5, 5.41) is 0.546. The van der Waals surface area contributed by atoms with Crippen molar-refractivity contribution in [2.75, 3.05) is 50.0 Å². The first-order valence-corrected chi connectivity index (χ1v) is 13.2. The van der Waals surface area contributed by atoms with Crippen molar-refractivity contribution in [2.24, 2.45) is 0 Å². The molecule has 0 radical (unpaired) electrons. The first-order chi connectivity index (χ1) is 15.4. The van der Waals surface area contributed by atoms with Crippen LogP contribution in [0.5, 0.6) is 0 Å². The SMILES string of the molecule is Cc1cccc2sc(N(CCCN3CCOCC3)C(=O)CS(=O)(=O)c3ccccc3)nc12. The van der Waals surface area contributed by atoms with Crippen molar-refractivity contribution < 1.29 is 17.9 Å². The van der Waals surface area contributed by atoms with Gasteiger partial charge in [0.05, 0.1) is 28.3 Å². The molecule has 0 saturated carbocycles. The molecule has 1 amide bonds. The minimum Gasteiger partial charge on any atom is -0.379 e. The van der Waals surface area contributed by atoms with Crippen LogP contribution in [0.1, 0.15) is 12.0 Å². The van der Waals surface area contributed by atoms with Crippen LogP contribution in [0.4, 0.5) is 5.13 Å². The molecule has 1 aliphatic heterocycles. The van der Waals surface area contributed by atoms with Gasteiger partial charge in [-0.05, 0) is 37.1 Å². The minimum atomic E-state index is -3.74. The standard InChI is InChI=1S/C23H27N3O4S2/c1-18-7-5-10-20-22(18)24-23(31-20)26(12-6-11-25-13-15-30-16-14-25)21(27)17-32(28,29)19-8-3-2-4-9-19/h2-5,7-10H,6,11-17H2,1H3. The Kier molecular flexibility index (Phi) is 7.20. The van der Waals surface area contributed by atoms with Gasteiger partial charge in [-0.2, -0.15) is 0 Å². The lowest BCUT2D eigenvalue weighted by Gasteiger charge is -2.27. The smallest absolute Gasteiger partial charge is 0.244 e. The van der Waals surface area contributed by atoms with Crippen LogP contribution in [0.15, 0.2) is 53.4 Å². The van der Waals surface area contributed by atoms with Crippen LogP contribution < -0.4 is 4.90 Å². The van der Waals surface area contributed by atoms with E-state index in [0.717, 1.165) is 55.0 Å². The quantitative estimate of drug-likeness (QED) is 0.500. The number of benzene rings is 2. The molecule has 0 bridgehead atoms. The highest BCUT2D eigenvalue weighted by Gasteiger charge is 2.26. The van der Waals surface area contributed by atoms with E-state index < -0.39 is 21.5 Å². The maximum Gasteiger partial charge on any atom is 0.244 e. The van der Waals surface area contributed by atoms with E-state index in [1.165, 1.54) is 23.5 Å². The van der Waals surface area contributed by atoms with Crippen LogP contribution in [-0.4, -0.2) is 69.4 Å². The Morgan fingerprint density at radius 2 is 1.88 bits per heavy atom. The number of aromatic nitrogens is 1. The predicted molar refractivity (Wildman–Crippen MR) is 127 cm³/mol. The molecule has 0 spiro atoms. The fraction of sp³-hybridized carbons (Fsp3) is 0.391. The van der Waals surface area contributed by atoms with E-state index in [9.17, 15) is 13.2 Å². The summed E-state index contributed by atoms with van der Waals surface area (Å²) in [4.78, 5) is 22.0. The number of hydrogen-bond acceptors (Lipinski definition) is 7. The van der Waals surface area contributed by atoms with E-state index in [2.05, 4.69) is 4.90 Å². The zero-order valence-electron chi connectivity index (χ0n) is 18.1. The number of aryl methyl sites for hydroxylation is 1. The topological polar surface area (TPSA) is 79.8 Å². The van der Waals surface area contributed by atoms with Gasteiger partial charge in [0, 0.05) is 26.2 Å². The Balaban J connectivity index is 1.55. The van der Waals surface area contributed by atoms with Gasteiger partial charge < -0.3 is 4.74 Å². The summed E-state index contributed by atoms with van der Waals surface area (Å²) in [6.45, 7) is 6.40. The summed E-state index contributed by atoms with van der Waals surface area (Å²) in [6, 6.07) is 14.0. The number of thiazole rings is 1. The Hall–Kier alpha value is -2.33. The lowest BCUT2D eigenvalue weighted by molar-refractivity contribution is -0.116. The molecule has 7 nitrogen and oxygen atoms in total. The van der Waals surface area contributed by atoms with E-state index in [0.29, 0.717) is 11.7 Å². The Labute approximate surface area is 192 Å². The van der Waals surface area contributed by atoms with Crippen LogP contribution in [0.2, 0.25) is 0 Å². The van der Waals surface area contributed by atoms with Crippen molar-refractivity contribution in [3.05, 3.63) is 54.1 Å². The third-order valence-corrected chi connectivity index (χ3v) is 8.18. The lowest BCUT2D eigenvalue weighted by atomic mass is 10.2.